The van der Waals surface area contributed by atoms with Crippen LogP contribution >= 0.6 is 0 Å². The lowest BCUT2D eigenvalue weighted by atomic mass is 9.77. The fraction of sp³-hybridized carbons (Fsp3) is 0.412. The summed E-state index contributed by atoms with van der Waals surface area (Å²) in [7, 11) is 4.13. The van der Waals surface area contributed by atoms with Crippen molar-refractivity contribution in [2.75, 3.05) is 0 Å². The minimum Gasteiger partial charge on any atom is -0.267 e. The predicted octanol–water partition coefficient (Wildman–Crippen LogP) is 8.50. The van der Waals surface area contributed by atoms with Crippen molar-refractivity contribution in [3.63, 3.8) is 0 Å². The largest absolute Gasteiger partial charge is 0.267 e. The minimum absolute atomic E-state index is 1.10. The van der Waals surface area contributed by atoms with Crippen LogP contribution in [0.5, 0.6) is 0 Å². The highest BCUT2D eigenvalue weighted by Crippen LogP contribution is 2.47. The van der Waals surface area contributed by atoms with E-state index in [2.05, 4.69) is 97.2 Å². The molecule has 0 aliphatic heterocycles. The van der Waals surface area contributed by atoms with Crippen LogP contribution in [-0.2, 0) is 14.1 Å². The lowest BCUT2D eigenvalue weighted by molar-refractivity contribution is 0.781. The average Bonchev–Trinajstić information content (AvgIpc) is 3.32. The molecule has 0 N–H and O–H groups in total. The number of rotatable bonds is 2. The van der Waals surface area contributed by atoms with Crippen LogP contribution in [0.25, 0.3) is 44.1 Å². The molecule has 0 saturated carbocycles. The molecule has 0 amide bonds. The molecule has 0 aliphatic carbocycles. The van der Waals surface area contributed by atoms with Crippen molar-refractivity contribution in [1.82, 2.24) is 19.6 Å². The summed E-state index contributed by atoms with van der Waals surface area (Å²) in [5.41, 5.74) is 23.7. The first-order chi connectivity index (χ1) is 17.7. The molecule has 2 heterocycles. The van der Waals surface area contributed by atoms with Crippen LogP contribution in [0.1, 0.15) is 67.0 Å². The molecule has 0 radical (unpaired) electrons. The van der Waals surface area contributed by atoms with Gasteiger partial charge in [-0.05, 0) is 161 Å². The molecular formula is C34H42N4. The fourth-order valence-electron chi connectivity index (χ4n) is 7.43. The van der Waals surface area contributed by atoms with E-state index in [0.717, 1.165) is 11.4 Å². The highest BCUT2D eigenvalue weighted by molar-refractivity contribution is 6.00. The van der Waals surface area contributed by atoms with Gasteiger partial charge in [0.1, 0.15) is 0 Å². The van der Waals surface area contributed by atoms with Gasteiger partial charge in [-0.25, -0.2) is 0 Å². The van der Waals surface area contributed by atoms with Gasteiger partial charge in [0.25, 0.3) is 0 Å². The second-order valence-electron chi connectivity index (χ2n) is 11.6. The van der Waals surface area contributed by atoms with Gasteiger partial charge in [0.05, 0.1) is 22.4 Å². The Labute approximate surface area is 227 Å². The van der Waals surface area contributed by atoms with E-state index in [4.69, 9.17) is 10.2 Å². The van der Waals surface area contributed by atoms with Gasteiger partial charge >= 0.3 is 0 Å². The first-order valence-electron chi connectivity index (χ1n) is 13.7. The van der Waals surface area contributed by atoms with Gasteiger partial charge in [-0.15, -0.1) is 0 Å². The number of hydrogen-bond donors (Lipinski definition) is 0. The monoisotopic (exact) mass is 506 g/mol. The molecule has 3 aromatic carbocycles. The molecule has 0 fully saturated rings. The van der Waals surface area contributed by atoms with E-state index in [0.29, 0.717) is 0 Å². The zero-order valence-electron chi connectivity index (χ0n) is 25.8. The maximum absolute atomic E-state index is 4.79. The molecule has 0 saturated heterocycles. The second kappa shape index (κ2) is 8.56. The van der Waals surface area contributed by atoms with E-state index in [9.17, 15) is 0 Å². The summed E-state index contributed by atoms with van der Waals surface area (Å²) in [6.45, 7) is 27.2. The van der Waals surface area contributed by atoms with Crippen molar-refractivity contribution < 1.29 is 0 Å². The summed E-state index contributed by atoms with van der Waals surface area (Å²) in [5.74, 6) is 0. The maximum Gasteiger partial charge on any atom is 0.0716 e. The van der Waals surface area contributed by atoms with Gasteiger partial charge in [0.15, 0.2) is 0 Å². The zero-order chi connectivity index (χ0) is 28.1. The van der Waals surface area contributed by atoms with Gasteiger partial charge in [-0.3, -0.25) is 9.36 Å². The highest BCUT2D eigenvalue weighted by atomic mass is 15.3. The standard InChI is InChI=1S/C34H42N4/c1-15-16(2)28(30-20(6)22(8)34-32(24(30)10)26(12)36-38(34)14)18(4)17(3)27(15)29-19(5)21(7)33-31(23(29)9)25(11)35-37(33)13/h1-14H3. The molecule has 5 aromatic rings. The van der Waals surface area contributed by atoms with Gasteiger partial charge in [0, 0.05) is 24.9 Å². The Morgan fingerprint density at radius 3 is 0.868 bits per heavy atom. The van der Waals surface area contributed by atoms with E-state index in [1.165, 1.54) is 99.7 Å². The highest BCUT2D eigenvalue weighted by Gasteiger charge is 2.26. The smallest absolute Gasteiger partial charge is 0.0716 e. The van der Waals surface area contributed by atoms with Crippen LogP contribution in [0.4, 0.5) is 0 Å². The molecule has 2 aromatic heterocycles. The molecule has 38 heavy (non-hydrogen) atoms. The van der Waals surface area contributed by atoms with E-state index in [-0.39, 0.29) is 0 Å². The SMILES string of the molecule is Cc1c(C)c(-c2c(C)c(C)c3c(c(C)nn3C)c2C)c(C)c(C)c1-c1c(C)c(C)c2c(c(C)nn2C)c1C. The van der Waals surface area contributed by atoms with Crippen molar-refractivity contribution >= 4 is 21.8 Å². The number of fused-ring (bicyclic) bond motifs is 2. The van der Waals surface area contributed by atoms with Gasteiger partial charge < -0.3 is 0 Å². The quantitative estimate of drug-likeness (QED) is 0.241. The maximum atomic E-state index is 4.79. The van der Waals surface area contributed by atoms with Gasteiger partial charge in [-0.2, -0.15) is 10.2 Å². The van der Waals surface area contributed by atoms with E-state index < -0.39 is 0 Å². The molecule has 0 aliphatic rings. The lowest BCUT2D eigenvalue weighted by Gasteiger charge is -2.26. The Bertz CT molecular complexity index is 1680. The first-order valence-corrected chi connectivity index (χ1v) is 13.7. The molecule has 0 atom stereocenters. The topological polar surface area (TPSA) is 35.6 Å². The minimum atomic E-state index is 1.10. The molecule has 0 spiro atoms. The number of nitrogens with zero attached hydrogens (tertiary/aromatic N) is 4. The van der Waals surface area contributed by atoms with Crippen LogP contribution < -0.4 is 0 Å². The number of aryl methyl sites for hydroxylation is 8. The lowest BCUT2D eigenvalue weighted by Crippen LogP contribution is -2.06. The average molecular weight is 507 g/mol. The second-order valence-corrected chi connectivity index (χ2v) is 11.6. The Morgan fingerprint density at radius 1 is 0.342 bits per heavy atom. The summed E-state index contributed by atoms with van der Waals surface area (Å²) in [4.78, 5) is 0. The first kappa shape index (κ1) is 26.2. The van der Waals surface area contributed by atoms with Gasteiger partial charge in [-0.1, -0.05) is 0 Å². The molecule has 5 rings (SSSR count). The fourth-order valence-corrected chi connectivity index (χ4v) is 7.43. The Hall–Kier alpha value is -3.40. The third kappa shape index (κ3) is 3.22. The van der Waals surface area contributed by atoms with Crippen LogP contribution in [0.15, 0.2) is 0 Å². The number of aromatic nitrogens is 4. The van der Waals surface area contributed by atoms with Crippen LogP contribution in [0.2, 0.25) is 0 Å². The Balaban J connectivity index is 1.91. The molecule has 0 unspecified atom stereocenters. The molecule has 0 bridgehead atoms. The van der Waals surface area contributed by atoms with Crippen molar-refractivity contribution in [1.29, 1.82) is 0 Å². The predicted molar refractivity (Wildman–Crippen MR) is 163 cm³/mol. The van der Waals surface area contributed by atoms with Crippen molar-refractivity contribution in [3.05, 3.63) is 67.0 Å². The molecule has 4 nitrogen and oxygen atoms in total. The Kier molecular flexibility index (Phi) is 5.90. The summed E-state index contributed by atoms with van der Waals surface area (Å²) >= 11 is 0. The van der Waals surface area contributed by atoms with E-state index in [1.807, 2.05) is 9.36 Å². The van der Waals surface area contributed by atoms with Gasteiger partial charge in [0.2, 0.25) is 0 Å². The summed E-state index contributed by atoms with van der Waals surface area (Å²) in [5, 5.41) is 12.2. The van der Waals surface area contributed by atoms with Crippen molar-refractivity contribution in [3.8, 4) is 22.3 Å². The molecular weight excluding hydrogens is 464 g/mol. The molecule has 198 valence electrons. The van der Waals surface area contributed by atoms with E-state index in [1.54, 1.807) is 0 Å². The normalized spacial score (nSPS) is 11.9. The zero-order valence-corrected chi connectivity index (χ0v) is 25.8. The third-order valence-corrected chi connectivity index (χ3v) is 9.65. The van der Waals surface area contributed by atoms with Crippen molar-refractivity contribution in [2.45, 2.75) is 83.1 Å². The summed E-state index contributed by atoms with van der Waals surface area (Å²) in [6.07, 6.45) is 0. The van der Waals surface area contributed by atoms with Crippen LogP contribution in [0, 0.1) is 83.1 Å². The van der Waals surface area contributed by atoms with E-state index >= 15 is 0 Å². The summed E-state index contributed by atoms with van der Waals surface area (Å²) < 4.78 is 4.10. The molecule has 4 heteroatoms. The summed E-state index contributed by atoms with van der Waals surface area (Å²) in [6, 6.07) is 0. The Morgan fingerprint density at radius 2 is 0.579 bits per heavy atom. The number of benzene rings is 3. The van der Waals surface area contributed by atoms with Crippen molar-refractivity contribution in [2.24, 2.45) is 14.1 Å². The third-order valence-electron chi connectivity index (χ3n) is 9.65. The number of hydrogen-bond acceptors (Lipinski definition) is 2. The van der Waals surface area contributed by atoms with Crippen LogP contribution in [0.3, 0.4) is 0 Å². The van der Waals surface area contributed by atoms with Crippen LogP contribution in [-0.4, -0.2) is 19.6 Å².